The Labute approximate surface area is 86.6 Å². The van der Waals surface area contributed by atoms with Crippen molar-refractivity contribution >= 4 is 17.6 Å². The van der Waals surface area contributed by atoms with E-state index in [1.807, 2.05) is 0 Å². The summed E-state index contributed by atoms with van der Waals surface area (Å²) in [6, 6.07) is 4.61. The fourth-order valence-electron chi connectivity index (χ4n) is 1.01. The molecule has 0 fully saturated rings. The lowest BCUT2D eigenvalue weighted by Crippen LogP contribution is -2.09. The number of benzene rings is 1. The highest BCUT2D eigenvalue weighted by Crippen LogP contribution is 2.24. The first-order chi connectivity index (χ1) is 6.56. The van der Waals surface area contributed by atoms with Crippen molar-refractivity contribution in [3.8, 4) is 0 Å². The normalized spacial score (nSPS) is 12.3. The first-order valence-corrected chi connectivity index (χ1v) is 4.42. The average Bonchev–Trinajstić information content (AvgIpc) is 2.20. The topological polar surface area (TPSA) is 26.3 Å². The third-order valence-corrected chi connectivity index (χ3v) is 2.30. The van der Waals surface area contributed by atoms with Crippen molar-refractivity contribution < 1.29 is 13.9 Å². The Balaban J connectivity index is 2.96. The van der Waals surface area contributed by atoms with Gasteiger partial charge in [0.15, 0.2) is 0 Å². The van der Waals surface area contributed by atoms with Gasteiger partial charge in [0.1, 0.15) is 0 Å². The zero-order valence-electron chi connectivity index (χ0n) is 7.88. The maximum atomic E-state index is 13.3. The zero-order chi connectivity index (χ0) is 10.7. The van der Waals surface area contributed by atoms with E-state index in [1.165, 1.54) is 12.1 Å². The second kappa shape index (κ2) is 4.42. The van der Waals surface area contributed by atoms with Crippen LogP contribution in [0.15, 0.2) is 18.2 Å². The molecule has 1 aromatic carbocycles. The molecule has 0 aromatic heterocycles. The van der Waals surface area contributed by atoms with Crippen LogP contribution >= 0.6 is 11.6 Å². The van der Waals surface area contributed by atoms with Gasteiger partial charge in [-0.1, -0.05) is 23.7 Å². The molecule has 2 nitrogen and oxygen atoms in total. The second-order valence-corrected chi connectivity index (χ2v) is 3.30. The van der Waals surface area contributed by atoms with E-state index in [1.54, 1.807) is 13.0 Å². The van der Waals surface area contributed by atoms with Gasteiger partial charge in [-0.25, -0.2) is 9.18 Å². The van der Waals surface area contributed by atoms with E-state index in [0.29, 0.717) is 5.02 Å². The summed E-state index contributed by atoms with van der Waals surface area (Å²) >= 11 is 5.79. The Morgan fingerprint density at radius 1 is 1.57 bits per heavy atom. The van der Waals surface area contributed by atoms with Gasteiger partial charge in [0.2, 0.25) is 6.17 Å². The van der Waals surface area contributed by atoms with Gasteiger partial charge >= 0.3 is 5.97 Å². The van der Waals surface area contributed by atoms with Gasteiger partial charge in [-0.05, 0) is 24.1 Å². The minimum absolute atomic E-state index is 0.215. The lowest BCUT2D eigenvalue weighted by Gasteiger charge is -2.07. The van der Waals surface area contributed by atoms with Gasteiger partial charge in [0.05, 0.1) is 7.11 Å². The first kappa shape index (κ1) is 11.0. The molecule has 14 heavy (non-hydrogen) atoms. The van der Waals surface area contributed by atoms with E-state index in [9.17, 15) is 9.18 Å². The van der Waals surface area contributed by atoms with Crippen molar-refractivity contribution in [2.75, 3.05) is 7.11 Å². The summed E-state index contributed by atoms with van der Waals surface area (Å²) in [6.45, 7) is 1.80. The van der Waals surface area contributed by atoms with E-state index in [2.05, 4.69) is 4.74 Å². The maximum absolute atomic E-state index is 13.3. The third-order valence-electron chi connectivity index (χ3n) is 1.90. The number of carbonyl (C=O) groups excluding carboxylic acids is 1. The van der Waals surface area contributed by atoms with Crippen LogP contribution in [0.1, 0.15) is 17.3 Å². The van der Waals surface area contributed by atoms with E-state index in [0.717, 1.165) is 12.7 Å². The molecule has 76 valence electrons. The monoisotopic (exact) mass is 216 g/mol. The largest absolute Gasteiger partial charge is 0.467 e. The van der Waals surface area contributed by atoms with Crippen molar-refractivity contribution in [2.45, 2.75) is 13.1 Å². The van der Waals surface area contributed by atoms with Crippen molar-refractivity contribution in [2.24, 2.45) is 0 Å². The number of methoxy groups -OCH3 is 1. The number of ether oxygens (including phenoxy) is 1. The molecule has 0 saturated carbocycles. The van der Waals surface area contributed by atoms with Crippen molar-refractivity contribution in [3.05, 3.63) is 34.3 Å². The number of rotatable bonds is 2. The van der Waals surface area contributed by atoms with Gasteiger partial charge < -0.3 is 4.74 Å². The van der Waals surface area contributed by atoms with Crippen LogP contribution in [0.25, 0.3) is 0 Å². The summed E-state index contributed by atoms with van der Waals surface area (Å²) in [4.78, 5) is 10.9. The van der Waals surface area contributed by atoms with Crippen LogP contribution in [0.3, 0.4) is 0 Å². The number of hydrogen-bond acceptors (Lipinski definition) is 2. The highest BCUT2D eigenvalue weighted by molar-refractivity contribution is 6.31. The summed E-state index contributed by atoms with van der Waals surface area (Å²) in [6.07, 6.45) is -1.77. The van der Waals surface area contributed by atoms with Crippen LogP contribution in [0, 0.1) is 6.92 Å². The number of aryl methyl sites for hydroxylation is 1. The molecule has 0 radical (unpaired) electrons. The summed E-state index contributed by atoms with van der Waals surface area (Å²) in [5.41, 5.74) is 1.06. The SMILES string of the molecule is COC(=O)C(F)c1ccc(C)c(Cl)c1. The molecule has 0 saturated heterocycles. The Morgan fingerprint density at radius 3 is 2.71 bits per heavy atom. The van der Waals surface area contributed by atoms with E-state index >= 15 is 0 Å². The molecule has 0 amide bonds. The molecule has 0 spiro atoms. The molecule has 0 aliphatic rings. The van der Waals surface area contributed by atoms with Crippen molar-refractivity contribution in [1.29, 1.82) is 0 Å². The second-order valence-electron chi connectivity index (χ2n) is 2.89. The van der Waals surface area contributed by atoms with Gasteiger partial charge in [-0.2, -0.15) is 0 Å². The van der Waals surface area contributed by atoms with Crippen LogP contribution < -0.4 is 0 Å². The Hall–Kier alpha value is -1.09. The smallest absolute Gasteiger partial charge is 0.345 e. The summed E-state index contributed by atoms with van der Waals surface area (Å²) in [7, 11) is 1.14. The molecule has 0 bridgehead atoms. The van der Waals surface area contributed by atoms with Crippen LogP contribution in [0.5, 0.6) is 0 Å². The average molecular weight is 217 g/mol. The van der Waals surface area contributed by atoms with Gasteiger partial charge in [-0.15, -0.1) is 0 Å². The van der Waals surface area contributed by atoms with Gasteiger partial charge in [-0.3, -0.25) is 0 Å². The van der Waals surface area contributed by atoms with Crippen molar-refractivity contribution in [3.63, 3.8) is 0 Å². The highest BCUT2D eigenvalue weighted by Gasteiger charge is 2.20. The van der Waals surface area contributed by atoms with Crippen LogP contribution in [0.4, 0.5) is 4.39 Å². The molecule has 0 aliphatic carbocycles. The van der Waals surface area contributed by atoms with Crippen LogP contribution in [-0.2, 0) is 9.53 Å². The molecule has 1 unspecified atom stereocenters. The zero-order valence-corrected chi connectivity index (χ0v) is 8.64. The Morgan fingerprint density at radius 2 is 2.21 bits per heavy atom. The van der Waals surface area contributed by atoms with Crippen LogP contribution in [-0.4, -0.2) is 13.1 Å². The summed E-state index contributed by atoms with van der Waals surface area (Å²) in [5, 5.41) is 0.439. The molecule has 1 aromatic rings. The lowest BCUT2D eigenvalue weighted by atomic mass is 10.1. The lowest BCUT2D eigenvalue weighted by molar-refractivity contribution is -0.146. The van der Waals surface area contributed by atoms with E-state index in [4.69, 9.17) is 11.6 Å². The number of carbonyl (C=O) groups is 1. The fraction of sp³-hybridized carbons (Fsp3) is 0.300. The highest BCUT2D eigenvalue weighted by atomic mass is 35.5. The number of alkyl halides is 1. The van der Waals surface area contributed by atoms with Gasteiger partial charge in [0.25, 0.3) is 0 Å². The fourth-order valence-corrected chi connectivity index (χ4v) is 1.20. The molecular weight excluding hydrogens is 207 g/mol. The molecular formula is C10H10ClFO2. The standard InChI is InChI=1S/C10H10ClFO2/c1-6-3-4-7(5-8(6)11)9(12)10(13)14-2/h3-5,9H,1-2H3. The molecule has 0 N–H and O–H groups in total. The molecule has 1 atom stereocenters. The number of esters is 1. The number of halogens is 2. The van der Waals surface area contributed by atoms with E-state index in [-0.39, 0.29) is 5.56 Å². The number of hydrogen-bond donors (Lipinski definition) is 0. The minimum atomic E-state index is -1.77. The molecule has 4 heteroatoms. The predicted octanol–water partition coefficient (Wildman–Crippen LogP) is 2.83. The Bertz CT molecular complexity index is 352. The van der Waals surface area contributed by atoms with E-state index < -0.39 is 12.1 Å². The molecule has 0 heterocycles. The quantitative estimate of drug-likeness (QED) is 0.711. The van der Waals surface area contributed by atoms with Crippen LogP contribution in [0.2, 0.25) is 5.02 Å². The minimum Gasteiger partial charge on any atom is -0.467 e. The van der Waals surface area contributed by atoms with Crippen molar-refractivity contribution in [1.82, 2.24) is 0 Å². The maximum Gasteiger partial charge on any atom is 0.345 e. The molecule has 0 aliphatic heterocycles. The third kappa shape index (κ3) is 2.23. The first-order valence-electron chi connectivity index (χ1n) is 4.04. The summed E-state index contributed by atoms with van der Waals surface area (Å²) < 4.78 is 17.6. The van der Waals surface area contributed by atoms with Gasteiger partial charge in [0, 0.05) is 5.02 Å². The summed E-state index contributed by atoms with van der Waals surface area (Å²) in [5.74, 6) is -0.912. The predicted molar refractivity (Wildman–Crippen MR) is 52.1 cm³/mol. The Kier molecular flexibility index (Phi) is 3.47. The molecule has 1 rings (SSSR count).